The van der Waals surface area contributed by atoms with Gasteiger partial charge in [-0.25, -0.2) is 0 Å². The van der Waals surface area contributed by atoms with E-state index < -0.39 is 17.5 Å². The fourth-order valence-electron chi connectivity index (χ4n) is 11.0. The Morgan fingerprint density at radius 2 is 1.69 bits per heavy atom. The molecule has 5 heteroatoms. The zero-order valence-corrected chi connectivity index (χ0v) is 23.7. The number of rotatable bonds is 7. The lowest BCUT2D eigenvalue weighted by molar-refractivity contribution is -0.266. The van der Waals surface area contributed by atoms with Crippen LogP contribution in [0.15, 0.2) is 0 Å². The van der Waals surface area contributed by atoms with Crippen molar-refractivity contribution in [1.82, 2.24) is 0 Å². The Bertz CT molecular complexity index is 837. The highest BCUT2D eigenvalue weighted by atomic mass is 16.7. The first kappa shape index (κ1) is 26.0. The van der Waals surface area contributed by atoms with E-state index in [0.29, 0.717) is 36.2 Å². The van der Waals surface area contributed by atoms with Crippen LogP contribution in [0.25, 0.3) is 0 Å². The van der Waals surface area contributed by atoms with Gasteiger partial charge in [-0.15, -0.1) is 0 Å². The number of methoxy groups -OCH3 is 2. The normalized spacial score (nSPS) is 54.7. The Labute approximate surface area is 219 Å². The molecule has 0 unspecified atom stereocenters. The standard InChI is InChI=1S/C31H52O5/c1-18-13-22(18)19(2)14-27(33)31(17-36-31)25-10-9-23-21-8-7-20-16-30(34-5,35-6)12-11-28(20,3)24(21)15-26(32)29(23,25)4/h18-27,32-33H,7-17H2,1-6H3/t18-,19-,20+,21+,22-,23+,24+,25+,26-,27-,28+,29+,31+/m1/s1. The van der Waals surface area contributed by atoms with Crippen LogP contribution in [0.4, 0.5) is 0 Å². The van der Waals surface area contributed by atoms with Crippen molar-refractivity contribution < 1.29 is 24.4 Å². The molecule has 206 valence electrons. The largest absolute Gasteiger partial charge is 0.393 e. The second-order valence-electron chi connectivity index (χ2n) is 14.8. The van der Waals surface area contributed by atoms with Crippen LogP contribution in [0.1, 0.15) is 91.9 Å². The Morgan fingerprint density at radius 3 is 2.31 bits per heavy atom. The summed E-state index contributed by atoms with van der Waals surface area (Å²) in [5, 5.41) is 23.5. The molecule has 0 aromatic heterocycles. The van der Waals surface area contributed by atoms with Crippen LogP contribution in [0.3, 0.4) is 0 Å². The number of hydrogen-bond acceptors (Lipinski definition) is 5. The summed E-state index contributed by atoms with van der Waals surface area (Å²) in [6.45, 7) is 10.2. The maximum absolute atomic E-state index is 11.9. The van der Waals surface area contributed by atoms with Gasteiger partial charge >= 0.3 is 0 Å². The van der Waals surface area contributed by atoms with Gasteiger partial charge in [0.2, 0.25) is 0 Å². The van der Waals surface area contributed by atoms with Crippen LogP contribution >= 0.6 is 0 Å². The van der Waals surface area contributed by atoms with E-state index in [9.17, 15) is 10.2 Å². The summed E-state index contributed by atoms with van der Waals surface area (Å²) in [6, 6.07) is 0. The highest BCUT2D eigenvalue weighted by Gasteiger charge is 2.71. The van der Waals surface area contributed by atoms with Crippen molar-refractivity contribution in [2.24, 2.45) is 58.2 Å². The van der Waals surface area contributed by atoms with Gasteiger partial charge in [-0.3, -0.25) is 0 Å². The molecular weight excluding hydrogens is 452 g/mol. The number of aliphatic hydroxyl groups is 2. The third kappa shape index (κ3) is 3.58. The molecular formula is C31H52O5. The fraction of sp³-hybridized carbons (Fsp3) is 1.00. The quantitative estimate of drug-likeness (QED) is 0.358. The first-order chi connectivity index (χ1) is 17.0. The van der Waals surface area contributed by atoms with Gasteiger partial charge in [0.1, 0.15) is 5.60 Å². The molecule has 5 saturated carbocycles. The number of ether oxygens (including phenoxy) is 3. The molecule has 13 atom stereocenters. The topological polar surface area (TPSA) is 71.5 Å². The molecule has 6 rings (SSSR count). The number of fused-ring (bicyclic) bond motifs is 5. The average Bonchev–Trinajstić information content (AvgIpc) is 3.77. The Morgan fingerprint density at radius 1 is 1.00 bits per heavy atom. The lowest BCUT2D eigenvalue weighted by atomic mass is 9.43. The van der Waals surface area contributed by atoms with Gasteiger partial charge in [-0.1, -0.05) is 27.7 Å². The Balaban J connectivity index is 1.22. The van der Waals surface area contributed by atoms with E-state index in [-0.39, 0.29) is 22.9 Å². The smallest absolute Gasteiger partial charge is 0.167 e. The molecule has 0 radical (unpaired) electrons. The van der Waals surface area contributed by atoms with E-state index in [0.717, 1.165) is 50.4 Å². The maximum Gasteiger partial charge on any atom is 0.167 e. The summed E-state index contributed by atoms with van der Waals surface area (Å²) in [4.78, 5) is 0. The van der Waals surface area contributed by atoms with Crippen molar-refractivity contribution >= 4 is 0 Å². The summed E-state index contributed by atoms with van der Waals surface area (Å²) in [7, 11) is 3.59. The van der Waals surface area contributed by atoms with E-state index in [2.05, 4.69) is 27.7 Å². The first-order valence-electron chi connectivity index (χ1n) is 15.1. The molecule has 0 aromatic carbocycles. The van der Waals surface area contributed by atoms with Crippen molar-refractivity contribution in [2.45, 2.75) is 115 Å². The molecule has 1 aliphatic heterocycles. The van der Waals surface area contributed by atoms with Crippen molar-refractivity contribution in [3.05, 3.63) is 0 Å². The summed E-state index contributed by atoms with van der Waals surface area (Å²) < 4.78 is 18.0. The van der Waals surface area contributed by atoms with Crippen LogP contribution < -0.4 is 0 Å². The van der Waals surface area contributed by atoms with E-state index >= 15 is 0 Å². The molecule has 6 aliphatic rings. The fourth-order valence-corrected chi connectivity index (χ4v) is 11.0. The van der Waals surface area contributed by atoms with Gasteiger partial charge < -0.3 is 24.4 Å². The molecule has 0 spiro atoms. The lowest BCUT2D eigenvalue weighted by Gasteiger charge is -2.63. The van der Waals surface area contributed by atoms with Crippen LogP contribution in [-0.4, -0.2) is 54.6 Å². The molecule has 0 bridgehead atoms. The third-order valence-corrected chi connectivity index (χ3v) is 13.6. The summed E-state index contributed by atoms with van der Waals surface area (Å²) in [6.07, 6.45) is 10.1. The van der Waals surface area contributed by atoms with Crippen molar-refractivity contribution in [1.29, 1.82) is 0 Å². The summed E-state index contributed by atoms with van der Waals surface area (Å²) in [5.74, 6) is 4.30. The zero-order valence-electron chi connectivity index (χ0n) is 23.7. The van der Waals surface area contributed by atoms with E-state index in [1.165, 1.54) is 25.7 Å². The summed E-state index contributed by atoms with van der Waals surface area (Å²) in [5.41, 5.74) is -0.338. The van der Waals surface area contributed by atoms with Gasteiger partial charge in [-0.2, -0.15) is 0 Å². The molecule has 0 amide bonds. The lowest BCUT2D eigenvalue weighted by Crippen LogP contribution is -2.61. The van der Waals surface area contributed by atoms with Gasteiger partial charge in [0.05, 0.1) is 18.8 Å². The third-order valence-electron chi connectivity index (χ3n) is 13.6. The minimum Gasteiger partial charge on any atom is -0.393 e. The van der Waals surface area contributed by atoms with Crippen molar-refractivity contribution in [3.8, 4) is 0 Å². The monoisotopic (exact) mass is 504 g/mol. The van der Waals surface area contributed by atoms with Crippen molar-refractivity contribution in [2.75, 3.05) is 20.8 Å². The molecule has 2 N–H and O–H groups in total. The summed E-state index contributed by atoms with van der Waals surface area (Å²) >= 11 is 0. The van der Waals surface area contributed by atoms with E-state index in [1.54, 1.807) is 14.2 Å². The van der Waals surface area contributed by atoms with Crippen LogP contribution in [0.2, 0.25) is 0 Å². The molecule has 5 nitrogen and oxygen atoms in total. The van der Waals surface area contributed by atoms with Crippen molar-refractivity contribution in [3.63, 3.8) is 0 Å². The molecule has 1 heterocycles. The molecule has 1 saturated heterocycles. The van der Waals surface area contributed by atoms with Gasteiger partial charge in [-0.05, 0) is 98.2 Å². The molecule has 6 fully saturated rings. The highest BCUT2D eigenvalue weighted by Crippen LogP contribution is 2.71. The minimum atomic E-state index is -0.432. The number of hydrogen-bond donors (Lipinski definition) is 2. The highest BCUT2D eigenvalue weighted by molar-refractivity contribution is 5.19. The zero-order chi connectivity index (χ0) is 25.7. The first-order valence-corrected chi connectivity index (χ1v) is 15.1. The molecule has 36 heavy (non-hydrogen) atoms. The number of aliphatic hydroxyl groups excluding tert-OH is 2. The average molecular weight is 505 g/mol. The second-order valence-corrected chi connectivity index (χ2v) is 14.8. The Kier molecular flexibility index (Phi) is 6.26. The predicted octanol–water partition coefficient (Wildman–Crippen LogP) is 5.42. The van der Waals surface area contributed by atoms with E-state index in [4.69, 9.17) is 14.2 Å². The predicted molar refractivity (Wildman–Crippen MR) is 139 cm³/mol. The van der Waals surface area contributed by atoms with Gasteiger partial charge in [0.15, 0.2) is 5.79 Å². The minimum absolute atomic E-state index is 0.157. The van der Waals surface area contributed by atoms with E-state index in [1.807, 2.05) is 0 Å². The van der Waals surface area contributed by atoms with Crippen LogP contribution in [-0.2, 0) is 14.2 Å². The van der Waals surface area contributed by atoms with Crippen LogP contribution in [0.5, 0.6) is 0 Å². The second kappa shape index (κ2) is 8.65. The molecule has 5 aliphatic carbocycles. The molecule has 0 aromatic rings. The van der Waals surface area contributed by atoms with Gasteiger partial charge in [0.25, 0.3) is 0 Å². The Hall–Kier alpha value is -0.200. The van der Waals surface area contributed by atoms with Gasteiger partial charge in [0, 0.05) is 38.4 Å². The SMILES string of the molecule is COC1(OC)CC[C@@]2(C)[C@@H](CC[C@@H]3[C@@H]2C[C@@H](O)[C@]2(C)[C@@H]([C@]4([C@H](O)C[C@@H](C)[C@@H]5C[C@H]5C)CO4)CC[C@@H]32)C1. The van der Waals surface area contributed by atoms with Crippen LogP contribution in [0, 0.1) is 58.2 Å². The maximum atomic E-state index is 11.9. The number of epoxide rings is 1.